The minimum atomic E-state index is -3.16. The van der Waals surface area contributed by atoms with Crippen LogP contribution in [-0.4, -0.2) is 33.9 Å². The molecule has 1 aliphatic carbocycles. The Kier molecular flexibility index (Phi) is 3.92. The minimum absolute atomic E-state index is 0.0903. The number of methoxy groups -OCH3 is 1. The van der Waals surface area contributed by atoms with Gasteiger partial charge in [0.2, 0.25) is 10.0 Å². The van der Waals surface area contributed by atoms with E-state index in [0.717, 1.165) is 25.7 Å². The molecular formula is C9H19NO3S. The van der Waals surface area contributed by atoms with Gasteiger partial charge >= 0.3 is 0 Å². The Morgan fingerprint density at radius 2 is 1.86 bits per heavy atom. The van der Waals surface area contributed by atoms with E-state index in [1.165, 1.54) is 13.5 Å². The summed E-state index contributed by atoms with van der Waals surface area (Å²) in [7, 11) is -0.111. The zero-order valence-corrected chi connectivity index (χ0v) is 9.69. The van der Waals surface area contributed by atoms with Gasteiger partial charge in [0.05, 0.1) is 11.4 Å². The van der Waals surface area contributed by atoms with E-state index in [2.05, 4.69) is 4.72 Å². The molecule has 84 valence electrons. The number of sulfonamides is 1. The molecule has 1 fully saturated rings. The van der Waals surface area contributed by atoms with E-state index < -0.39 is 15.6 Å². The fourth-order valence-electron chi connectivity index (χ4n) is 2.02. The second-order valence-electron chi connectivity index (χ2n) is 3.91. The molecule has 0 aliphatic heterocycles. The summed E-state index contributed by atoms with van der Waals surface area (Å²) in [5, 5.41) is 0. The third kappa shape index (κ3) is 2.93. The highest BCUT2D eigenvalue weighted by Gasteiger charge is 2.36. The fraction of sp³-hybridized carbons (Fsp3) is 1.00. The molecule has 0 radical (unpaired) electrons. The van der Waals surface area contributed by atoms with Crippen molar-refractivity contribution >= 4 is 10.0 Å². The van der Waals surface area contributed by atoms with E-state index in [1.807, 2.05) is 0 Å². The van der Waals surface area contributed by atoms with Crippen molar-refractivity contribution in [2.24, 2.45) is 0 Å². The lowest BCUT2D eigenvalue weighted by molar-refractivity contribution is -0.0203. The van der Waals surface area contributed by atoms with E-state index in [9.17, 15) is 8.42 Å². The van der Waals surface area contributed by atoms with Crippen LogP contribution in [0, 0.1) is 0 Å². The van der Waals surface area contributed by atoms with Gasteiger partial charge in [0, 0.05) is 7.11 Å². The summed E-state index contributed by atoms with van der Waals surface area (Å²) in [4.78, 5) is 0. The lowest BCUT2D eigenvalue weighted by atomic mass is 9.86. The molecule has 4 nitrogen and oxygen atoms in total. The predicted octanol–water partition coefficient (Wildman–Crippen LogP) is 0.885. The van der Waals surface area contributed by atoms with Gasteiger partial charge in [-0.1, -0.05) is 19.3 Å². The molecule has 1 saturated carbocycles. The number of ether oxygens (including phenoxy) is 1. The van der Waals surface area contributed by atoms with Crippen molar-refractivity contribution in [3.63, 3.8) is 0 Å². The van der Waals surface area contributed by atoms with Crippen LogP contribution in [0.25, 0.3) is 0 Å². The van der Waals surface area contributed by atoms with Crippen LogP contribution in [0.5, 0.6) is 0 Å². The van der Waals surface area contributed by atoms with Crippen LogP contribution >= 0.6 is 0 Å². The predicted molar refractivity (Wildman–Crippen MR) is 55.7 cm³/mol. The molecule has 5 heteroatoms. The normalized spacial score (nSPS) is 22.1. The van der Waals surface area contributed by atoms with Gasteiger partial charge in [0.25, 0.3) is 0 Å². The van der Waals surface area contributed by atoms with E-state index >= 15 is 0 Å². The average molecular weight is 221 g/mol. The Morgan fingerprint density at radius 3 is 2.29 bits per heavy atom. The molecule has 0 spiro atoms. The molecule has 1 rings (SSSR count). The van der Waals surface area contributed by atoms with Gasteiger partial charge < -0.3 is 4.74 Å². The van der Waals surface area contributed by atoms with Crippen LogP contribution in [-0.2, 0) is 14.8 Å². The monoisotopic (exact) mass is 221 g/mol. The molecule has 14 heavy (non-hydrogen) atoms. The van der Waals surface area contributed by atoms with Crippen LogP contribution in [0.1, 0.15) is 32.1 Å². The second kappa shape index (κ2) is 4.59. The van der Waals surface area contributed by atoms with Crippen molar-refractivity contribution in [3.05, 3.63) is 0 Å². The average Bonchev–Trinajstić information content (AvgIpc) is 2.19. The molecular weight excluding hydrogens is 202 g/mol. The van der Waals surface area contributed by atoms with Crippen molar-refractivity contribution in [1.82, 2.24) is 4.72 Å². The molecule has 0 bridgehead atoms. The van der Waals surface area contributed by atoms with Gasteiger partial charge in [0.1, 0.15) is 0 Å². The maximum Gasteiger partial charge on any atom is 0.214 e. The minimum Gasteiger partial charge on any atom is -0.377 e. The standard InChI is InChI=1S/C9H19NO3S/c1-10-14(11,12)8-9(13-2)6-4-3-5-7-9/h10H,3-8H2,1-2H3. The fourth-order valence-corrected chi connectivity index (χ4v) is 3.27. The summed E-state index contributed by atoms with van der Waals surface area (Å²) in [6.45, 7) is 0. The quantitative estimate of drug-likeness (QED) is 0.767. The van der Waals surface area contributed by atoms with E-state index in [-0.39, 0.29) is 5.75 Å². The van der Waals surface area contributed by atoms with Crippen LogP contribution in [0.4, 0.5) is 0 Å². The Morgan fingerprint density at radius 1 is 1.29 bits per heavy atom. The van der Waals surface area contributed by atoms with Crippen LogP contribution < -0.4 is 4.72 Å². The topological polar surface area (TPSA) is 55.4 Å². The molecule has 0 aromatic rings. The largest absolute Gasteiger partial charge is 0.377 e. The number of hydrogen-bond acceptors (Lipinski definition) is 3. The van der Waals surface area contributed by atoms with Crippen LogP contribution in [0.3, 0.4) is 0 Å². The zero-order valence-electron chi connectivity index (χ0n) is 8.88. The third-order valence-electron chi connectivity index (χ3n) is 2.96. The molecule has 0 unspecified atom stereocenters. The molecule has 0 saturated heterocycles. The van der Waals surface area contributed by atoms with E-state index in [4.69, 9.17) is 4.74 Å². The Labute approximate surface area is 86.1 Å². The van der Waals surface area contributed by atoms with Gasteiger partial charge in [-0.2, -0.15) is 0 Å². The SMILES string of the molecule is CNS(=O)(=O)CC1(OC)CCCCC1. The molecule has 0 heterocycles. The smallest absolute Gasteiger partial charge is 0.214 e. The summed E-state index contributed by atoms with van der Waals surface area (Å²) >= 11 is 0. The van der Waals surface area contributed by atoms with Crippen LogP contribution in [0.2, 0.25) is 0 Å². The number of hydrogen-bond donors (Lipinski definition) is 1. The van der Waals surface area contributed by atoms with Gasteiger partial charge in [-0.15, -0.1) is 0 Å². The van der Waals surface area contributed by atoms with Crippen molar-refractivity contribution in [3.8, 4) is 0 Å². The third-order valence-corrected chi connectivity index (χ3v) is 4.49. The number of nitrogens with one attached hydrogen (secondary N) is 1. The Balaban J connectivity index is 2.70. The molecule has 1 N–H and O–H groups in total. The maximum absolute atomic E-state index is 11.4. The summed E-state index contributed by atoms with van der Waals surface area (Å²) in [5.41, 5.74) is -0.444. The molecule has 1 aliphatic rings. The van der Waals surface area contributed by atoms with Crippen molar-refractivity contribution < 1.29 is 13.2 Å². The summed E-state index contributed by atoms with van der Waals surface area (Å²) in [5.74, 6) is 0.0903. The Bertz CT molecular complexity index is 268. The lowest BCUT2D eigenvalue weighted by Crippen LogP contribution is -2.43. The first-order chi connectivity index (χ1) is 6.54. The Hall–Kier alpha value is -0.130. The van der Waals surface area contributed by atoms with Gasteiger partial charge in [-0.3, -0.25) is 0 Å². The highest BCUT2D eigenvalue weighted by atomic mass is 32.2. The second-order valence-corrected chi connectivity index (χ2v) is 5.84. The highest BCUT2D eigenvalue weighted by molar-refractivity contribution is 7.89. The molecule has 0 atom stereocenters. The van der Waals surface area contributed by atoms with E-state index in [1.54, 1.807) is 7.11 Å². The van der Waals surface area contributed by atoms with Crippen molar-refractivity contribution in [1.29, 1.82) is 0 Å². The van der Waals surface area contributed by atoms with E-state index in [0.29, 0.717) is 0 Å². The number of rotatable bonds is 4. The van der Waals surface area contributed by atoms with Gasteiger partial charge in [-0.05, 0) is 19.9 Å². The zero-order chi connectivity index (χ0) is 10.7. The highest BCUT2D eigenvalue weighted by Crippen LogP contribution is 2.32. The molecule has 0 amide bonds. The summed E-state index contributed by atoms with van der Waals surface area (Å²) in [6.07, 6.45) is 5.01. The van der Waals surface area contributed by atoms with Crippen molar-refractivity contribution in [2.45, 2.75) is 37.7 Å². The molecule has 0 aromatic carbocycles. The molecule has 0 aromatic heterocycles. The van der Waals surface area contributed by atoms with Gasteiger partial charge in [0.15, 0.2) is 0 Å². The first-order valence-electron chi connectivity index (χ1n) is 5.00. The summed E-state index contributed by atoms with van der Waals surface area (Å²) < 4.78 is 30.6. The first-order valence-corrected chi connectivity index (χ1v) is 6.65. The van der Waals surface area contributed by atoms with Crippen LogP contribution in [0.15, 0.2) is 0 Å². The van der Waals surface area contributed by atoms with Gasteiger partial charge in [-0.25, -0.2) is 13.1 Å². The maximum atomic E-state index is 11.4. The summed E-state index contributed by atoms with van der Waals surface area (Å²) in [6, 6.07) is 0. The van der Waals surface area contributed by atoms with Crippen molar-refractivity contribution in [2.75, 3.05) is 19.9 Å². The lowest BCUT2D eigenvalue weighted by Gasteiger charge is -2.35. The first kappa shape index (κ1) is 11.9.